The van der Waals surface area contributed by atoms with Crippen molar-refractivity contribution in [3.05, 3.63) is 0 Å². The number of nitrogens with zero attached hydrogens (tertiary/aromatic N) is 1. The van der Waals surface area contributed by atoms with Gasteiger partial charge in [0.15, 0.2) is 0 Å². The summed E-state index contributed by atoms with van der Waals surface area (Å²) in [6.45, 7) is 5.99. The van der Waals surface area contributed by atoms with Crippen LogP contribution in [-0.2, 0) is 4.79 Å². The molecule has 0 spiro atoms. The van der Waals surface area contributed by atoms with E-state index in [0.29, 0.717) is 0 Å². The number of hydrogen-bond donors (Lipinski definition) is 2. The monoisotopic (exact) mass is 244 g/mol. The van der Waals surface area contributed by atoms with Crippen molar-refractivity contribution in [2.24, 2.45) is 0 Å². The van der Waals surface area contributed by atoms with E-state index in [1.807, 2.05) is 14.0 Å². The maximum Gasteiger partial charge on any atom is 0.237 e. The SMILES string of the molecule is CCCCNC(=O)C(C)N(C)CCCCCO. The molecular weight excluding hydrogens is 216 g/mol. The Morgan fingerprint density at radius 3 is 2.59 bits per heavy atom. The van der Waals surface area contributed by atoms with Gasteiger partial charge in [-0.15, -0.1) is 0 Å². The fourth-order valence-corrected chi connectivity index (χ4v) is 1.58. The fraction of sp³-hybridized carbons (Fsp3) is 0.923. The summed E-state index contributed by atoms with van der Waals surface area (Å²) in [5.41, 5.74) is 0. The van der Waals surface area contributed by atoms with Crippen LogP contribution in [0, 0.1) is 0 Å². The first-order chi connectivity index (χ1) is 8.13. The Balaban J connectivity index is 3.70. The lowest BCUT2D eigenvalue weighted by Crippen LogP contribution is -2.43. The number of unbranched alkanes of at least 4 members (excludes halogenated alkanes) is 3. The number of carbonyl (C=O) groups is 1. The Labute approximate surface area is 105 Å². The fourth-order valence-electron chi connectivity index (χ4n) is 1.58. The van der Waals surface area contributed by atoms with Crippen LogP contribution in [0.5, 0.6) is 0 Å². The van der Waals surface area contributed by atoms with Gasteiger partial charge in [-0.05, 0) is 46.2 Å². The van der Waals surface area contributed by atoms with E-state index in [-0.39, 0.29) is 18.6 Å². The zero-order chi connectivity index (χ0) is 13.1. The van der Waals surface area contributed by atoms with Crippen molar-refractivity contribution in [1.29, 1.82) is 0 Å². The van der Waals surface area contributed by atoms with Gasteiger partial charge in [-0.2, -0.15) is 0 Å². The van der Waals surface area contributed by atoms with Gasteiger partial charge in [0.05, 0.1) is 6.04 Å². The van der Waals surface area contributed by atoms with Crippen molar-refractivity contribution < 1.29 is 9.90 Å². The average molecular weight is 244 g/mol. The molecule has 17 heavy (non-hydrogen) atoms. The summed E-state index contributed by atoms with van der Waals surface area (Å²) in [6, 6.07) is -0.0685. The van der Waals surface area contributed by atoms with Crippen molar-refractivity contribution in [2.45, 2.75) is 52.0 Å². The molecule has 0 bridgehead atoms. The van der Waals surface area contributed by atoms with E-state index < -0.39 is 0 Å². The molecule has 4 nitrogen and oxygen atoms in total. The first-order valence-electron chi connectivity index (χ1n) is 6.72. The molecule has 1 unspecified atom stereocenters. The van der Waals surface area contributed by atoms with Crippen molar-refractivity contribution >= 4 is 5.91 Å². The van der Waals surface area contributed by atoms with Gasteiger partial charge < -0.3 is 10.4 Å². The van der Waals surface area contributed by atoms with Gasteiger partial charge in [0.1, 0.15) is 0 Å². The maximum atomic E-state index is 11.8. The molecule has 0 aliphatic carbocycles. The number of hydrogen-bond acceptors (Lipinski definition) is 3. The summed E-state index contributed by atoms with van der Waals surface area (Å²) in [7, 11) is 1.98. The number of aliphatic hydroxyl groups excluding tert-OH is 1. The summed E-state index contributed by atoms with van der Waals surface area (Å²) >= 11 is 0. The van der Waals surface area contributed by atoms with Crippen LogP contribution in [0.4, 0.5) is 0 Å². The van der Waals surface area contributed by atoms with Crippen LogP contribution in [-0.4, -0.2) is 48.7 Å². The van der Waals surface area contributed by atoms with Gasteiger partial charge in [0.2, 0.25) is 5.91 Å². The van der Waals surface area contributed by atoms with Crippen molar-refractivity contribution in [1.82, 2.24) is 10.2 Å². The lowest BCUT2D eigenvalue weighted by atomic mass is 10.2. The zero-order valence-electron chi connectivity index (χ0n) is 11.5. The second-order valence-electron chi connectivity index (χ2n) is 4.59. The van der Waals surface area contributed by atoms with Crippen LogP contribution in [0.25, 0.3) is 0 Å². The number of rotatable bonds is 10. The van der Waals surface area contributed by atoms with E-state index in [4.69, 9.17) is 5.11 Å². The van der Waals surface area contributed by atoms with Crippen LogP contribution in [0.2, 0.25) is 0 Å². The topological polar surface area (TPSA) is 52.6 Å². The Hall–Kier alpha value is -0.610. The molecular formula is C13H28N2O2. The third-order valence-corrected chi connectivity index (χ3v) is 3.04. The Morgan fingerprint density at radius 2 is 2.00 bits per heavy atom. The van der Waals surface area contributed by atoms with Crippen LogP contribution in [0.1, 0.15) is 46.0 Å². The summed E-state index contributed by atoms with van der Waals surface area (Å²) < 4.78 is 0. The molecule has 0 aromatic rings. The molecule has 0 saturated carbocycles. The highest BCUT2D eigenvalue weighted by molar-refractivity contribution is 5.81. The highest BCUT2D eigenvalue weighted by Crippen LogP contribution is 2.01. The lowest BCUT2D eigenvalue weighted by molar-refractivity contribution is -0.125. The smallest absolute Gasteiger partial charge is 0.237 e. The van der Waals surface area contributed by atoms with E-state index >= 15 is 0 Å². The molecule has 0 aromatic carbocycles. The standard InChI is InChI=1S/C13H28N2O2/c1-4-5-9-14-13(17)12(2)15(3)10-7-6-8-11-16/h12,16H,4-11H2,1-3H3,(H,14,17). The number of amides is 1. The quantitative estimate of drug-likeness (QED) is 0.571. The Morgan fingerprint density at radius 1 is 1.29 bits per heavy atom. The van der Waals surface area contributed by atoms with E-state index in [1.165, 1.54) is 0 Å². The van der Waals surface area contributed by atoms with Crippen molar-refractivity contribution in [2.75, 3.05) is 26.7 Å². The molecule has 0 heterocycles. The van der Waals surface area contributed by atoms with Gasteiger partial charge in [-0.25, -0.2) is 0 Å². The number of nitrogens with one attached hydrogen (secondary N) is 1. The molecule has 0 radical (unpaired) electrons. The van der Waals surface area contributed by atoms with E-state index in [9.17, 15) is 4.79 Å². The lowest BCUT2D eigenvalue weighted by Gasteiger charge is -2.23. The van der Waals surface area contributed by atoms with Gasteiger partial charge in [0.25, 0.3) is 0 Å². The second kappa shape index (κ2) is 10.5. The molecule has 0 aromatic heterocycles. The first kappa shape index (κ1) is 16.4. The molecule has 4 heteroatoms. The van der Waals surface area contributed by atoms with Gasteiger partial charge in [-0.1, -0.05) is 13.3 Å². The highest BCUT2D eigenvalue weighted by Gasteiger charge is 2.16. The number of aliphatic hydroxyl groups is 1. The molecule has 0 aliphatic rings. The predicted molar refractivity (Wildman–Crippen MR) is 70.9 cm³/mol. The highest BCUT2D eigenvalue weighted by atomic mass is 16.2. The normalized spacial score (nSPS) is 12.8. The Bertz CT molecular complexity index is 198. The average Bonchev–Trinajstić information content (AvgIpc) is 2.33. The molecule has 0 rings (SSSR count). The van der Waals surface area contributed by atoms with Crippen LogP contribution in [0.3, 0.4) is 0 Å². The molecule has 0 saturated heterocycles. The minimum absolute atomic E-state index is 0.0685. The van der Waals surface area contributed by atoms with Crippen LogP contribution >= 0.6 is 0 Å². The van der Waals surface area contributed by atoms with E-state index in [1.54, 1.807) is 0 Å². The predicted octanol–water partition coefficient (Wildman–Crippen LogP) is 1.39. The van der Waals surface area contributed by atoms with Crippen molar-refractivity contribution in [3.8, 4) is 0 Å². The minimum Gasteiger partial charge on any atom is -0.396 e. The maximum absolute atomic E-state index is 11.8. The zero-order valence-corrected chi connectivity index (χ0v) is 11.5. The summed E-state index contributed by atoms with van der Waals surface area (Å²) in [5.74, 6) is 0.114. The third kappa shape index (κ3) is 8.16. The summed E-state index contributed by atoms with van der Waals surface area (Å²) in [5, 5.41) is 11.6. The summed E-state index contributed by atoms with van der Waals surface area (Å²) in [6.07, 6.45) is 5.05. The molecule has 0 aliphatic heterocycles. The molecule has 2 N–H and O–H groups in total. The van der Waals surface area contributed by atoms with E-state index in [2.05, 4.69) is 17.1 Å². The minimum atomic E-state index is -0.0685. The second-order valence-corrected chi connectivity index (χ2v) is 4.59. The van der Waals surface area contributed by atoms with Crippen LogP contribution in [0.15, 0.2) is 0 Å². The van der Waals surface area contributed by atoms with Crippen molar-refractivity contribution in [3.63, 3.8) is 0 Å². The van der Waals surface area contributed by atoms with Gasteiger partial charge in [0, 0.05) is 13.2 Å². The number of carbonyl (C=O) groups excluding carboxylic acids is 1. The molecule has 1 amide bonds. The van der Waals surface area contributed by atoms with E-state index in [0.717, 1.165) is 45.2 Å². The third-order valence-electron chi connectivity index (χ3n) is 3.04. The first-order valence-corrected chi connectivity index (χ1v) is 6.72. The summed E-state index contributed by atoms with van der Waals surface area (Å²) in [4.78, 5) is 13.8. The molecule has 102 valence electrons. The Kier molecular flexibility index (Phi) is 10.2. The molecule has 0 fully saturated rings. The van der Waals surface area contributed by atoms with Gasteiger partial charge in [-0.3, -0.25) is 9.69 Å². The van der Waals surface area contributed by atoms with Gasteiger partial charge >= 0.3 is 0 Å². The number of likely N-dealkylation sites (N-methyl/N-ethyl adjacent to an activating group) is 1. The molecule has 1 atom stereocenters. The largest absolute Gasteiger partial charge is 0.396 e. The van der Waals surface area contributed by atoms with Crippen LogP contribution < -0.4 is 5.32 Å².